The minimum Gasteiger partial charge on any atom is -0.372 e. The summed E-state index contributed by atoms with van der Waals surface area (Å²) in [7, 11) is 1.52. The Bertz CT molecular complexity index is 151. The molecule has 0 aliphatic rings. The summed E-state index contributed by atoms with van der Waals surface area (Å²) >= 11 is 0. The molecular weight excluding hydrogens is 168 g/mol. The molecule has 2 unspecified atom stereocenters. The first-order valence-corrected chi connectivity index (χ1v) is 4.65. The summed E-state index contributed by atoms with van der Waals surface area (Å²) in [5.41, 5.74) is 5.36. The van der Waals surface area contributed by atoms with Gasteiger partial charge < -0.3 is 15.8 Å². The second-order valence-electron chi connectivity index (χ2n) is 3.22. The van der Waals surface area contributed by atoms with Crippen LogP contribution in [0.25, 0.3) is 0 Å². The topological polar surface area (TPSA) is 64.3 Å². The summed E-state index contributed by atoms with van der Waals surface area (Å²) in [5, 5.41) is 2.85. The average molecular weight is 188 g/mol. The van der Waals surface area contributed by atoms with Crippen molar-refractivity contribution < 1.29 is 9.53 Å². The molecule has 0 fully saturated rings. The number of carbonyl (C=O) groups excluding carboxylic acids is 1. The standard InChI is InChI=1S/C9H20N2O2/c1-7(5-4-6-10)11-9(12)8(2)13-3/h7-8H,4-6,10H2,1-3H3,(H,11,12). The van der Waals surface area contributed by atoms with Crippen LogP contribution in [0.5, 0.6) is 0 Å². The molecule has 78 valence electrons. The zero-order valence-electron chi connectivity index (χ0n) is 8.67. The van der Waals surface area contributed by atoms with E-state index in [1.165, 1.54) is 7.11 Å². The molecule has 13 heavy (non-hydrogen) atoms. The molecule has 1 amide bonds. The third-order valence-corrected chi connectivity index (χ3v) is 1.95. The van der Waals surface area contributed by atoms with Crippen LogP contribution in [0, 0.1) is 0 Å². The molecule has 0 aliphatic carbocycles. The van der Waals surface area contributed by atoms with E-state index in [9.17, 15) is 4.79 Å². The highest BCUT2D eigenvalue weighted by atomic mass is 16.5. The maximum atomic E-state index is 11.3. The van der Waals surface area contributed by atoms with Crippen LogP contribution >= 0.6 is 0 Å². The van der Waals surface area contributed by atoms with Crippen LogP contribution in [0.3, 0.4) is 0 Å². The van der Waals surface area contributed by atoms with Gasteiger partial charge in [-0.05, 0) is 33.2 Å². The third-order valence-electron chi connectivity index (χ3n) is 1.95. The van der Waals surface area contributed by atoms with Crippen molar-refractivity contribution in [3.8, 4) is 0 Å². The highest BCUT2D eigenvalue weighted by Gasteiger charge is 2.13. The van der Waals surface area contributed by atoms with E-state index in [4.69, 9.17) is 10.5 Å². The molecule has 0 aliphatic heterocycles. The van der Waals surface area contributed by atoms with E-state index >= 15 is 0 Å². The monoisotopic (exact) mass is 188 g/mol. The van der Waals surface area contributed by atoms with E-state index < -0.39 is 0 Å². The van der Waals surface area contributed by atoms with E-state index in [0.717, 1.165) is 12.8 Å². The van der Waals surface area contributed by atoms with Crippen molar-refractivity contribution in [2.75, 3.05) is 13.7 Å². The van der Waals surface area contributed by atoms with Crippen LogP contribution < -0.4 is 11.1 Å². The maximum Gasteiger partial charge on any atom is 0.249 e. The molecular formula is C9H20N2O2. The lowest BCUT2D eigenvalue weighted by atomic mass is 10.2. The van der Waals surface area contributed by atoms with Crippen molar-refractivity contribution in [3.63, 3.8) is 0 Å². The lowest BCUT2D eigenvalue weighted by Crippen LogP contribution is -2.39. The van der Waals surface area contributed by atoms with Gasteiger partial charge >= 0.3 is 0 Å². The normalized spacial score (nSPS) is 15.1. The Balaban J connectivity index is 3.64. The molecule has 3 N–H and O–H groups in total. The molecule has 0 spiro atoms. The van der Waals surface area contributed by atoms with Crippen molar-refractivity contribution in [1.82, 2.24) is 5.32 Å². The molecule has 0 radical (unpaired) electrons. The second kappa shape index (κ2) is 6.86. The van der Waals surface area contributed by atoms with Crippen LogP contribution in [-0.4, -0.2) is 31.7 Å². The predicted octanol–water partition coefficient (Wildman–Crippen LogP) is 0.265. The van der Waals surface area contributed by atoms with Crippen molar-refractivity contribution >= 4 is 5.91 Å². The van der Waals surface area contributed by atoms with Gasteiger partial charge in [-0.15, -0.1) is 0 Å². The molecule has 0 aromatic rings. The Kier molecular flexibility index (Phi) is 6.54. The molecule has 0 aromatic heterocycles. The van der Waals surface area contributed by atoms with Crippen LogP contribution in [0.4, 0.5) is 0 Å². The number of ether oxygens (including phenoxy) is 1. The summed E-state index contributed by atoms with van der Waals surface area (Å²) in [5.74, 6) is -0.0629. The van der Waals surface area contributed by atoms with Gasteiger partial charge in [-0.2, -0.15) is 0 Å². The molecule has 0 rings (SSSR count). The van der Waals surface area contributed by atoms with Crippen molar-refractivity contribution in [2.24, 2.45) is 5.73 Å². The van der Waals surface area contributed by atoms with Gasteiger partial charge in [0.25, 0.3) is 0 Å². The molecule has 4 nitrogen and oxygen atoms in total. The van der Waals surface area contributed by atoms with E-state index in [1.807, 2.05) is 6.92 Å². The fraction of sp³-hybridized carbons (Fsp3) is 0.889. The van der Waals surface area contributed by atoms with Crippen LogP contribution in [0.15, 0.2) is 0 Å². The van der Waals surface area contributed by atoms with E-state index in [0.29, 0.717) is 6.54 Å². The lowest BCUT2D eigenvalue weighted by molar-refractivity contribution is -0.130. The molecule has 4 heteroatoms. The summed E-state index contributed by atoms with van der Waals surface area (Å²) < 4.78 is 4.88. The highest BCUT2D eigenvalue weighted by molar-refractivity contribution is 5.80. The first-order valence-electron chi connectivity index (χ1n) is 4.65. The SMILES string of the molecule is COC(C)C(=O)NC(C)CCCN. The van der Waals surface area contributed by atoms with Gasteiger partial charge in [-0.3, -0.25) is 4.79 Å². The zero-order chi connectivity index (χ0) is 10.3. The van der Waals surface area contributed by atoms with Gasteiger partial charge in [-0.1, -0.05) is 0 Å². The summed E-state index contributed by atoms with van der Waals surface area (Å²) in [4.78, 5) is 11.3. The Labute approximate surface area is 79.8 Å². The van der Waals surface area contributed by atoms with Gasteiger partial charge in [0, 0.05) is 13.2 Å². The Hall–Kier alpha value is -0.610. The Morgan fingerprint density at radius 2 is 2.15 bits per heavy atom. The Morgan fingerprint density at radius 1 is 1.54 bits per heavy atom. The number of amides is 1. The molecule has 0 saturated carbocycles. The third kappa shape index (κ3) is 5.60. The number of carbonyl (C=O) groups is 1. The summed E-state index contributed by atoms with van der Waals surface area (Å²) in [6, 6.07) is 0.175. The van der Waals surface area contributed by atoms with Gasteiger partial charge in [0.2, 0.25) is 5.91 Å². The predicted molar refractivity (Wildman–Crippen MR) is 52.4 cm³/mol. The molecule has 0 saturated heterocycles. The smallest absolute Gasteiger partial charge is 0.249 e. The largest absolute Gasteiger partial charge is 0.372 e. The Morgan fingerprint density at radius 3 is 2.62 bits per heavy atom. The van der Waals surface area contributed by atoms with Gasteiger partial charge in [-0.25, -0.2) is 0 Å². The maximum absolute atomic E-state index is 11.3. The minimum absolute atomic E-state index is 0.0629. The molecule has 0 bridgehead atoms. The van der Waals surface area contributed by atoms with Gasteiger partial charge in [0.15, 0.2) is 0 Å². The first kappa shape index (κ1) is 12.4. The average Bonchev–Trinajstić information content (AvgIpc) is 2.13. The van der Waals surface area contributed by atoms with Gasteiger partial charge in [0.1, 0.15) is 6.10 Å². The van der Waals surface area contributed by atoms with Crippen LogP contribution in [-0.2, 0) is 9.53 Å². The zero-order valence-corrected chi connectivity index (χ0v) is 8.67. The van der Waals surface area contributed by atoms with Crippen LogP contribution in [0.1, 0.15) is 26.7 Å². The lowest BCUT2D eigenvalue weighted by Gasteiger charge is -2.16. The number of methoxy groups -OCH3 is 1. The number of nitrogens with one attached hydrogen (secondary N) is 1. The number of rotatable bonds is 6. The van der Waals surface area contributed by atoms with Crippen LogP contribution in [0.2, 0.25) is 0 Å². The number of nitrogens with two attached hydrogens (primary N) is 1. The van der Waals surface area contributed by atoms with Crippen molar-refractivity contribution in [3.05, 3.63) is 0 Å². The van der Waals surface area contributed by atoms with E-state index in [2.05, 4.69) is 5.32 Å². The second-order valence-corrected chi connectivity index (χ2v) is 3.22. The molecule has 0 heterocycles. The van der Waals surface area contributed by atoms with Gasteiger partial charge in [0.05, 0.1) is 0 Å². The fourth-order valence-electron chi connectivity index (χ4n) is 0.963. The first-order chi connectivity index (χ1) is 6.11. The number of hydrogen-bond acceptors (Lipinski definition) is 3. The van der Waals surface area contributed by atoms with Crippen molar-refractivity contribution in [2.45, 2.75) is 38.8 Å². The highest BCUT2D eigenvalue weighted by Crippen LogP contribution is 1.96. The molecule has 0 aromatic carbocycles. The fourth-order valence-corrected chi connectivity index (χ4v) is 0.963. The van der Waals surface area contributed by atoms with E-state index in [-0.39, 0.29) is 18.1 Å². The minimum atomic E-state index is -0.375. The van der Waals surface area contributed by atoms with Crippen molar-refractivity contribution in [1.29, 1.82) is 0 Å². The number of hydrogen-bond donors (Lipinski definition) is 2. The summed E-state index contributed by atoms with van der Waals surface area (Å²) in [6.45, 7) is 4.36. The quantitative estimate of drug-likeness (QED) is 0.628. The van der Waals surface area contributed by atoms with E-state index in [1.54, 1.807) is 6.92 Å². The molecule has 2 atom stereocenters. The summed E-state index contributed by atoms with van der Waals surface area (Å²) in [6.07, 6.45) is 1.47.